The van der Waals surface area contributed by atoms with Crippen molar-refractivity contribution >= 4 is 98.6 Å². The molecule has 30 nitrogen and oxygen atoms in total. The molecule has 2 aromatic carbocycles. The number of carbonyl (C=O) groups is 11. The quantitative estimate of drug-likeness (QED) is 0.0137. The molecule has 2 amide bonds. The third-order valence-electron chi connectivity index (χ3n) is 33.4. The zero-order valence-corrected chi connectivity index (χ0v) is 93.8. The minimum Gasteiger partial charge on any atom is -0.456 e. The van der Waals surface area contributed by atoms with E-state index in [1.165, 1.54) is 13.8 Å². The van der Waals surface area contributed by atoms with Crippen LogP contribution in [0.3, 0.4) is 0 Å². The molecule has 140 heavy (non-hydrogen) atoms. The number of aliphatic hydroxyl groups is 3. The lowest BCUT2D eigenvalue weighted by Crippen LogP contribution is -2.82. The molecule has 2 aromatic rings. The molecule has 34 heteroatoms. The molecule has 21 atom stereocenters. The summed E-state index contributed by atoms with van der Waals surface area (Å²) >= 11 is 0. The Bertz CT molecular complexity index is 4800. The van der Waals surface area contributed by atoms with Gasteiger partial charge >= 0.3 is 48.0 Å². The van der Waals surface area contributed by atoms with Crippen molar-refractivity contribution in [1.82, 2.24) is 10.6 Å². The summed E-state index contributed by atoms with van der Waals surface area (Å²) in [4.78, 5) is 161. The van der Waals surface area contributed by atoms with Crippen LogP contribution < -0.4 is 10.6 Å². The number of carbonyl (C=O) groups excluding carboxylic acids is 11. The lowest BCUT2D eigenvalue weighted by Gasteiger charge is -2.68. The SMILES string of the molecule is CC[Si](CC)(CC)OC(C(=O)O[C@H]1C[C@@]2(O)[C@@H](OC(=O)c3ccccc3)[C@@H]3[C@]4(OC(C)=O)CO[C@@H]4C[C@H](O[Si](CC)(CC)CC)[C@@]3(C)C(=O)C(=O)C(=C1C)C2(C)C)[C@H](CC(C)C)NC(=O)OC(C)(C)C.CC[Si](CC)(CC)OC(C(=O)O[C@H]1C[C@@]2(O)[C@@H](OC(=O)c3ccccc3)[C@@H]3[C@]4(OC(C)=O)CO[C@@H]4C[C@H](O[Si](CC)(CC)CC)[C@@]3(C)C(=O)[C@H](O)C(=C1C)C2(C)C)[C@H](CC(C)C)NC(=O)OC(C)(C)C. The fourth-order valence-electron chi connectivity index (χ4n) is 24.2. The van der Waals surface area contributed by atoms with Crippen molar-refractivity contribution in [3.05, 3.63) is 94.1 Å². The summed E-state index contributed by atoms with van der Waals surface area (Å²) < 4.78 is 91.7. The van der Waals surface area contributed by atoms with Gasteiger partial charge in [0.25, 0.3) is 0 Å². The number of nitrogens with one attached hydrogen (secondary N) is 2. The summed E-state index contributed by atoms with van der Waals surface area (Å²) in [6.07, 6.45) is -15.7. The first-order chi connectivity index (χ1) is 65.1. The first-order valence-electron chi connectivity index (χ1n) is 51.5. The Labute approximate surface area is 835 Å². The van der Waals surface area contributed by atoms with Gasteiger partial charge in [-0.25, -0.2) is 28.8 Å². The highest BCUT2D eigenvalue weighted by Crippen LogP contribution is 2.68. The molecule has 0 aromatic heterocycles. The predicted molar refractivity (Wildman–Crippen MR) is 539 cm³/mol. The molecule has 2 heterocycles. The number of ketones is 3. The normalized spacial score (nSPS) is 30.1. The molecule has 6 aliphatic carbocycles. The van der Waals surface area contributed by atoms with E-state index in [0.29, 0.717) is 72.8 Å². The van der Waals surface area contributed by atoms with Crippen LogP contribution in [0.2, 0.25) is 72.5 Å². The minimum absolute atomic E-state index is 0.0195. The minimum atomic E-state index is -2.66. The lowest BCUT2D eigenvalue weighted by molar-refractivity contribution is -0.344. The van der Waals surface area contributed by atoms with Crippen LogP contribution in [0.25, 0.3) is 0 Å². The van der Waals surface area contributed by atoms with Crippen molar-refractivity contribution in [1.29, 1.82) is 0 Å². The van der Waals surface area contributed by atoms with Gasteiger partial charge in [-0.1, -0.05) is 175 Å². The van der Waals surface area contributed by atoms with Gasteiger partial charge in [-0.2, -0.15) is 0 Å². The van der Waals surface area contributed by atoms with Gasteiger partial charge in [0.05, 0.1) is 71.3 Å². The molecule has 4 saturated carbocycles. The molecule has 10 rings (SSSR count). The average Bonchev–Trinajstić information content (AvgIpc) is 0.669. The average molecular weight is 2030 g/mol. The van der Waals surface area contributed by atoms with E-state index in [1.54, 1.807) is 158 Å². The molecule has 2 aliphatic heterocycles. The number of amides is 2. The van der Waals surface area contributed by atoms with Gasteiger partial charge in [0, 0.05) is 55.9 Å². The van der Waals surface area contributed by atoms with Crippen LogP contribution in [0, 0.1) is 45.3 Å². The number of aliphatic hydroxyl groups excluding tert-OH is 1. The summed E-state index contributed by atoms with van der Waals surface area (Å²) in [6, 6.07) is 22.9. The highest BCUT2D eigenvalue weighted by Gasteiger charge is 2.81. The Kier molecular flexibility index (Phi) is 37.1. The maximum atomic E-state index is 16.0. The molecule has 4 bridgehead atoms. The molecule has 2 saturated heterocycles. The number of hydrogen-bond donors (Lipinski definition) is 5. The Balaban J connectivity index is 0.000000313. The number of esters is 6. The highest BCUT2D eigenvalue weighted by atomic mass is 28.4. The Morgan fingerprint density at radius 3 is 1.11 bits per heavy atom. The molecule has 786 valence electrons. The van der Waals surface area contributed by atoms with E-state index < -0.39 is 251 Å². The first-order valence-corrected chi connectivity index (χ1v) is 61.7. The van der Waals surface area contributed by atoms with E-state index in [4.69, 9.17) is 65.1 Å². The summed E-state index contributed by atoms with van der Waals surface area (Å²) in [5.41, 5.74) is -15.6. The Morgan fingerprint density at radius 1 is 0.471 bits per heavy atom. The summed E-state index contributed by atoms with van der Waals surface area (Å²) in [5, 5.41) is 47.0. The van der Waals surface area contributed by atoms with Crippen molar-refractivity contribution in [2.75, 3.05) is 13.2 Å². The van der Waals surface area contributed by atoms with Gasteiger partial charge in [-0.05, 0) is 207 Å². The number of alkyl carbamates (subject to hydrolysis) is 2. The van der Waals surface area contributed by atoms with E-state index in [2.05, 4.69) is 52.2 Å². The van der Waals surface area contributed by atoms with Gasteiger partial charge in [-0.15, -0.1) is 0 Å². The first kappa shape index (κ1) is 116. The van der Waals surface area contributed by atoms with Crippen molar-refractivity contribution < 1.29 is 133 Å². The monoisotopic (exact) mass is 2030 g/mol. The van der Waals surface area contributed by atoms with Gasteiger partial charge in [0.2, 0.25) is 11.6 Å². The van der Waals surface area contributed by atoms with Gasteiger partial charge < -0.3 is 91.0 Å². The zero-order valence-electron chi connectivity index (χ0n) is 89.8. The van der Waals surface area contributed by atoms with Crippen LogP contribution in [0.1, 0.15) is 281 Å². The van der Waals surface area contributed by atoms with Crippen molar-refractivity contribution in [2.24, 2.45) is 45.3 Å². The molecule has 8 aliphatic rings. The highest BCUT2D eigenvalue weighted by molar-refractivity contribution is 6.75. The number of Topliss-reactive ketones (excluding diaryl/α,β-unsaturated/α-hetero) is 3. The second kappa shape index (κ2) is 44.6. The third-order valence-corrected chi connectivity index (χ3v) is 51.9. The zero-order chi connectivity index (χ0) is 105. The third kappa shape index (κ3) is 22.5. The molecule has 2 unspecified atom stereocenters. The van der Waals surface area contributed by atoms with Crippen LogP contribution in [0.4, 0.5) is 9.59 Å². The maximum Gasteiger partial charge on any atom is 0.407 e. The van der Waals surface area contributed by atoms with Crippen LogP contribution in [0.5, 0.6) is 0 Å². The lowest BCUT2D eigenvalue weighted by atomic mass is 9.44. The summed E-state index contributed by atoms with van der Waals surface area (Å²) in [5.74, 6) is -10.0. The van der Waals surface area contributed by atoms with Gasteiger partial charge in [0.15, 0.2) is 62.5 Å². The van der Waals surface area contributed by atoms with E-state index in [9.17, 15) is 44.1 Å². The van der Waals surface area contributed by atoms with Gasteiger partial charge in [-0.3, -0.25) is 24.0 Å². The standard InChI is InChI=1S/C53H85NO14Si2.C53H83NO14Si2/c2*1-17-69(18-2,19-3)67-38-29-39-52(31-62-39,65-34(10)55)43-45(64-46(58)35-26-24-23-25-27-35)53(61)30-37(33(9)40(50(53,14)15)41(56)44(57)51(38,43)16)63-47(59)42(68-70(20-4,21-5)22-6)36(28-32(7)8)54-48(60)66-49(11,12)13/h23-27,32,36-39,41-43,45,56,61H,17-22,28-31H2,1-16H3,(H,54,60);23-27,32,36-39,42-43,45,61H,17-22,28-31H2,1-16H3,(H,54,60)/t36-,37-,38-,39+,41+,42?,43-,45-,51+,52-,53+;36-,37-,38-,39+,42?,43-,45-,51+,52-,53+/m00/s1. The van der Waals surface area contributed by atoms with E-state index in [0.717, 1.165) is 18.1 Å². The van der Waals surface area contributed by atoms with Crippen LogP contribution in [-0.2, 0) is 98.6 Å². The Hall–Kier alpha value is -7.20. The van der Waals surface area contributed by atoms with Crippen molar-refractivity contribution in [2.45, 2.75) is 445 Å². The number of rotatable bonds is 38. The molecule has 0 spiro atoms. The number of benzene rings is 2. The fourth-order valence-corrected chi connectivity index (χ4v) is 35.7. The number of fused-ring (bicyclic) bond motifs is 10. The van der Waals surface area contributed by atoms with Crippen LogP contribution in [0.15, 0.2) is 83.0 Å². The molecular weight excluding hydrogens is 1860 g/mol. The van der Waals surface area contributed by atoms with E-state index in [1.807, 2.05) is 69.2 Å². The van der Waals surface area contributed by atoms with Gasteiger partial charge in [0.1, 0.15) is 65.1 Å². The maximum absolute atomic E-state index is 16.0. The molecule has 0 radical (unpaired) electrons. The second-order valence-corrected chi connectivity index (χ2v) is 63.9. The predicted octanol–water partition coefficient (Wildman–Crippen LogP) is 18.2. The van der Waals surface area contributed by atoms with Crippen molar-refractivity contribution in [3.63, 3.8) is 0 Å². The van der Waals surface area contributed by atoms with E-state index in [-0.39, 0.29) is 72.2 Å². The van der Waals surface area contributed by atoms with E-state index >= 15 is 24.0 Å². The Morgan fingerprint density at radius 2 is 0.800 bits per heavy atom. The van der Waals surface area contributed by atoms with Crippen molar-refractivity contribution in [3.8, 4) is 0 Å². The second-order valence-electron chi connectivity index (χ2n) is 45.0. The number of hydrogen-bond acceptors (Lipinski definition) is 28. The summed E-state index contributed by atoms with van der Waals surface area (Å²) in [7, 11) is -10.5. The largest absolute Gasteiger partial charge is 0.456 e. The molecular formula is C106H168N2O28Si4. The fraction of sp³-hybridized carbons (Fsp3) is 0.745. The van der Waals surface area contributed by atoms with Crippen LogP contribution in [-0.4, -0.2) is 240 Å². The van der Waals surface area contributed by atoms with Crippen LogP contribution >= 0.6 is 0 Å². The molecule has 6 fully saturated rings. The summed E-state index contributed by atoms with van der Waals surface area (Å²) in [6.45, 7) is 58.1. The number of ether oxygens (including phenoxy) is 10. The molecule has 5 N–H and O–H groups in total. The topological polar surface area (TPSA) is 402 Å². The smallest absolute Gasteiger partial charge is 0.407 e.